The fraction of sp³-hybridized carbons (Fsp3) is 0.957. The highest BCUT2D eigenvalue weighted by Crippen LogP contribution is 2.23. The Kier molecular flexibility index (Phi) is 19.0. The van der Waals surface area contributed by atoms with E-state index in [1.165, 1.54) is 96.8 Å². The normalized spacial score (nSPS) is 14.7. The number of aliphatic hydroxyl groups is 1. The van der Waals surface area contributed by atoms with Crippen LogP contribution in [0.25, 0.3) is 0 Å². The molecule has 1 N–H and O–H groups in total. The number of hydrogen-bond donors (Lipinski definition) is 2. The van der Waals surface area contributed by atoms with Crippen molar-refractivity contribution in [1.29, 1.82) is 0 Å². The SMILES string of the molecule is CCCCCCCCCCCCCCCCC(C)C(S)C(CO)OC(C)=O. The summed E-state index contributed by atoms with van der Waals surface area (Å²) in [5, 5.41) is 9.27. The fourth-order valence-electron chi connectivity index (χ4n) is 3.63. The molecule has 0 aliphatic heterocycles. The maximum absolute atomic E-state index is 11.1. The van der Waals surface area contributed by atoms with Gasteiger partial charge in [-0.1, -0.05) is 104 Å². The number of aliphatic hydroxyl groups excluding tert-OH is 1. The van der Waals surface area contributed by atoms with Crippen LogP contribution < -0.4 is 0 Å². The van der Waals surface area contributed by atoms with Crippen LogP contribution in [-0.2, 0) is 9.53 Å². The van der Waals surface area contributed by atoms with Crippen LogP contribution in [0.15, 0.2) is 0 Å². The first-order valence-electron chi connectivity index (χ1n) is 11.5. The van der Waals surface area contributed by atoms with Gasteiger partial charge in [-0.2, -0.15) is 12.6 Å². The fourth-order valence-corrected chi connectivity index (χ4v) is 3.93. The van der Waals surface area contributed by atoms with Crippen LogP contribution >= 0.6 is 12.6 Å². The third kappa shape index (κ3) is 16.4. The van der Waals surface area contributed by atoms with E-state index in [1.54, 1.807) is 0 Å². The molecule has 0 aromatic rings. The van der Waals surface area contributed by atoms with Crippen molar-refractivity contribution < 1.29 is 14.6 Å². The van der Waals surface area contributed by atoms with Crippen molar-refractivity contribution in [2.24, 2.45) is 5.92 Å². The maximum Gasteiger partial charge on any atom is 0.303 e. The molecule has 0 saturated heterocycles. The second kappa shape index (κ2) is 19.1. The van der Waals surface area contributed by atoms with Crippen molar-refractivity contribution in [3.63, 3.8) is 0 Å². The summed E-state index contributed by atoms with van der Waals surface area (Å²) in [6.07, 6.45) is 19.7. The van der Waals surface area contributed by atoms with Crippen LogP contribution in [-0.4, -0.2) is 29.0 Å². The lowest BCUT2D eigenvalue weighted by molar-refractivity contribution is -0.148. The lowest BCUT2D eigenvalue weighted by Gasteiger charge is -2.26. The number of ether oxygens (including phenoxy) is 1. The lowest BCUT2D eigenvalue weighted by atomic mass is 9.95. The van der Waals surface area contributed by atoms with Crippen molar-refractivity contribution >= 4 is 18.6 Å². The third-order valence-electron chi connectivity index (χ3n) is 5.47. The largest absolute Gasteiger partial charge is 0.459 e. The second-order valence-corrected chi connectivity index (χ2v) is 8.78. The van der Waals surface area contributed by atoms with E-state index in [4.69, 9.17) is 4.74 Å². The van der Waals surface area contributed by atoms with Gasteiger partial charge in [-0.25, -0.2) is 0 Å². The molecule has 3 atom stereocenters. The van der Waals surface area contributed by atoms with E-state index in [-0.39, 0.29) is 17.8 Å². The number of hydrogen-bond acceptors (Lipinski definition) is 4. The molecule has 0 radical (unpaired) electrons. The number of esters is 1. The molecule has 27 heavy (non-hydrogen) atoms. The molecule has 0 bridgehead atoms. The highest BCUT2D eigenvalue weighted by molar-refractivity contribution is 7.81. The Balaban J connectivity index is 3.46. The van der Waals surface area contributed by atoms with Gasteiger partial charge in [0.15, 0.2) is 0 Å². The molecule has 0 spiro atoms. The van der Waals surface area contributed by atoms with Crippen LogP contribution in [0.2, 0.25) is 0 Å². The van der Waals surface area contributed by atoms with Gasteiger partial charge in [-0.15, -0.1) is 0 Å². The predicted octanol–water partition coefficient (Wildman–Crippen LogP) is 6.72. The Morgan fingerprint density at radius 1 is 0.852 bits per heavy atom. The number of rotatable bonds is 19. The van der Waals surface area contributed by atoms with Gasteiger partial charge in [0.1, 0.15) is 6.10 Å². The van der Waals surface area contributed by atoms with Gasteiger partial charge in [0.05, 0.1) is 6.61 Å². The maximum atomic E-state index is 11.1. The molecule has 162 valence electrons. The summed E-state index contributed by atoms with van der Waals surface area (Å²) in [7, 11) is 0. The van der Waals surface area contributed by atoms with Crippen LogP contribution in [0.4, 0.5) is 0 Å². The molecule has 0 saturated carbocycles. The van der Waals surface area contributed by atoms with E-state index in [0.717, 1.165) is 6.42 Å². The summed E-state index contributed by atoms with van der Waals surface area (Å²) in [6, 6.07) is 0. The topological polar surface area (TPSA) is 46.5 Å². The molecule has 0 aliphatic carbocycles. The third-order valence-corrected chi connectivity index (χ3v) is 6.32. The number of carbonyl (C=O) groups excluding carboxylic acids is 1. The zero-order valence-corrected chi connectivity index (χ0v) is 19.2. The lowest BCUT2D eigenvalue weighted by Crippen LogP contribution is -2.34. The molecule has 0 fully saturated rings. The van der Waals surface area contributed by atoms with Gasteiger partial charge >= 0.3 is 5.97 Å². The highest BCUT2D eigenvalue weighted by Gasteiger charge is 2.25. The molecule has 0 amide bonds. The summed E-state index contributed by atoms with van der Waals surface area (Å²) in [5.41, 5.74) is 0. The van der Waals surface area contributed by atoms with Crippen molar-refractivity contribution in [3.8, 4) is 0 Å². The van der Waals surface area contributed by atoms with Crippen LogP contribution in [0.3, 0.4) is 0 Å². The Bertz CT molecular complexity index is 336. The molecule has 0 aromatic heterocycles. The Morgan fingerprint density at radius 2 is 1.26 bits per heavy atom. The van der Waals surface area contributed by atoms with E-state index in [9.17, 15) is 9.90 Å². The predicted molar refractivity (Wildman–Crippen MR) is 120 cm³/mol. The summed E-state index contributed by atoms with van der Waals surface area (Å²) in [4.78, 5) is 11.1. The molecule has 3 nitrogen and oxygen atoms in total. The Morgan fingerprint density at radius 3 is 1.63 bits per heavy atom. The monoisotopic (exact) mass is 402 g/mol. The molecule has 0 rings (SSSR count). The van der Waals surface area contributed by atoms with E-state index in [0.29, 0.717) is 5.92 Å². The summed E-state index contributed by atoms with van der Waals surface area (Å²) in [6.45, 7) is 5.63. The van der Waals surface area contributed by atoms with Crippen LogP contribution in [0, 0.1) is 5.92 Å². The highest BCUT2D eigenvalue weighted by atomic mass is 32.1. The average molecular weight is 403 g/mol. The van der Waals surface area contributed by atoms with Crippen molar-refractivity contribution in [2.75, 3.05) is 6.61 Å². The molecule has 3 unspecified atom stereocenters. The quantitative estimate of drug-likeness (QED) is 0.143. The van der Waals surface area contributed by atoms with Gasteiger partial charge in [0, 0.05) is 12.2 Å². The number of thiol groups is 1. The number of carbonyl (C=O) groups is 1. The first kappa shape index (κ1) is 26.8. The van der Waals surface area contributed by atoms with Gasteiger partial charge < -0.3 is 9.84 Å². The van der Waals surface area contributed by atoms with Gasteiger partial charge in [0.2, 0.25) is 0 Å². The summed E-state index contributed by atoms with van der Waals surface area (Å²) < 4.78 is 5.14. The molecule has 0 aromatic carbocycles. The van der Waals surface area contributed by atoms with E-state index in [2.05, 4.69) is 26.5 Å². The minimum Gasteiger partial charge on any atom is -0.459 e. The van der Waals surface area contributed by atoms with Gasteiger partial charge in [-0.3, -0.25) is 4.79 Å². The zero-order valence-electron chi connectivity index (χ0n) is 18.3. The zero-order chi connectivity index (χ0) is 20.3. The standard InChI is InChI=1S/C23H46O3S/c1-4-5-6-7-8-9-10-11-12-13-14-15-16-17-18-20(2)23(27)22(19-24)26-21(3)25/h20,22-24,27H,4-19H2,1-3H3. The van der Waals surface area contributed by atoms with Crippen molar-refractivity contribution in [2.45, 2.75) is 128 Å². The molecule has 0 heterocycles. The smallest absolute Gasteiger partial charge is 0.303 e. The summed E-state index contributed by atoms with van der Waals surface area (Å²) >= 11 is 4.56. The Labute approximate surface area is 174 Å². The van der Waals surface area contributed by atoms with Gasteiger partial charge in [-0.05, 0) is 12.3 Å². The van der Waals surface area contributed by atoms with E-state index >= 15 is 0 Å². The first-order chi connectivity index (χ1) is 13.0. The van der Waals surface area contributed by atoms with E-state index in [1.807, 2.05) is 0 Å². The summed E-state index contributed by atoms with van der Waals surface area (Å²) in [5.74, 6) is -0.0149. The molecule has 0 aliphatic rings. The number of unbranched alkanes of at least 4 members (excludes halogenated alkanes) is 13. The minimum absolute atomic E-state index is 0.0964. The Hall–Kier alpha value is -0.220. The second-order valence-electron chi connectivity index (χ2n) is 8.18. The minimum atomic E-state index is -0.493. The van der Waals surface area contributed by atoms with Crippen LogP contribution in [0.1, 0.15) is 117 Å². The van der Waals surface area contributed by atoms with Crippen molar-refractivity contribution in [3.05, 3.63) is 0 Å². The molecular formula is C23H46O3S. The van der Waals surface area contributed by atoms with Crippen LogP contribution in [0.5, 0.6) is 0 Å². The first-order valence-corrected chi connectivity index (χ1v) is 12.0. The molecular weight excluding hydrogens is 356 g/mol. The van der Waals surface area contributed by atoms with Crippen molar-refractivity contribution in [1.82, 2.24) is 0 Å². The molecule has 4 heteroatoms. The van der Waals surface area contributed by atoms with E-state index < -0.39 is 6.10 Å². The average Bonchev–Trinajstić information content (AvgIpc) is 2.65. The van der Waals surface area contributed by atoms with Gasteiger partial charge in [0.25, 0.3) is 0 Å².